The molecule has 4 N–H and O–H groups in total. The summed E-state index contributed by atoms with van der Waals surface area (Å²) in [6.45, 7) is 5.68. The summed E-state index contributed by atoms with van der Waals surface area (Å²) >= 11 is 0. The fourth-order valence-corrected chi connectivity index (χ4v) is 4.46. The van der Waals surface area contributed by atoms with Crippen LogP contribution in [0.25, 0.3) is 11.3 Å². The maximum atomic E-state index is 12.4. The number of benzene rings is 2. The predicted octanol–water partition coefficient (Wildman–Crippen LogP) is 3.34. The summed E-state index contributed by atoms with van der Waals surface area (Å²) in [6.07, 6.45) is 4.02. The highest BCUT2D eigenvalue weighted by molar-refractivity contribution is 5.95. The van der Waals surface area contributed by atoms with Gasteiger partial charge in [0.1, 0.15) is 0 Å². The van der Waals surface area contributed by atoms with Gasteiger partial charge in [0.25, 0.3) is 0 Å². The lowest BCUT2D eigenvalue weighted by Crippen LogP contribution is -2.36. The van der Waals surface area contributed by atoms with Gasteiger partial charge in [-0.3, -0.25) is 9.69 Å². The Balaban J connectivity index is 1.23. The normalized spacial score (nSPS) is 16.3. The number of likely N-dealkylation sites (tertiary alicyclic amines) is 1. The molecule has 2 aliphatic heterocycles. The van der Waals surface area contributed by atoms with Crippen molar-refractivity contribution in [2.24, 2.45) is 0 Å². The number of ether oxygens (including phenoxy) is 1. The Morgan fingerprint density at radius 1 is 1.00 bits per heavy atom. The number of morpholine rings is 1. The van der Waals surface area contributed by atoms with Crippen molar-refractivity contribution in [3.8, 4) is 11.3 Å². The first-order valence-corrected chi connectivity index (χ1v) is 12.1. The number of hydrogen-bond acceptors (Lipinski definition) is 8. The van der Waals surface area contributed by atoms with E-state index in [0.29, 0.717) is 23.9 Å². The van der Waals surface area contributed by atoms with E-state index in [1.165, 1.54) is 5.69 Å². The molecule has 2 fully saturated rings. The van der Waals surface area contributed by atoms with Crippen LogP contribution >= 0.6 is 0 Å². The lowest BCUT2D eigenvalue weighted by molar-refractivity contribution is -0.117. The second-order valence-corrected chi connectivity index (χ2v) is 8.87. The number of carbonyl (C=O) groups excluding carboxylic acids is 1. The number of hydrogen-bond donors (Lipinski definition) is 3. The molecule has 0 atom stereocenters. The Morgan fingerprint density at radius 2 is 1.77 bits per heavy atom. The molecular formula is C26H31N7O2. The molecule has 1 aromatic heterocycles. The van der Waals surface area contributed by atoms with Crippen molar-refractivity contribution in [2.75, 3.05) is 67.2 Å². The molecule has 2 aliphatic rings. The maximum Gasteiger partial charge on any atom is 0.238 e. The van der Waals surface area contributed by atoms with Gasteiger partial charge in [0.05, 0.1) is 36.8 Å². The molecule has 9 nitrogen and oxygen atoms in total. The molecule has 0 spiro atoms. The van der Waals surface area contributed by atoms with Crippen LogP contribution in [0, 0.1) is 0 Å². The van der Waals surface area contributed by atoms with Crippen LogP contribution < -0.4 is 21.3 Å². The van der Waals surface area contributed by atoms with Crippen LogP contribution in [-0.4, -0.2) is 66.7 Å². The van der Waals surface area contributed by atoms with Crippen molar-refractivity contribution in [2.45, 2.75) is 12.8 Å². The molecule has 2 saturated heterocycles. The van der Waals surface area contributed by atoms with Crippen LogP contribution in [-0.2, 0) is 9.53 Å². The van der Waals surface area contributed by atoms with Crippen LogP contribution in [0.2, 0.25) is 0 Å². The van der Waals surface area contributed by atoms with Gasteiger partial charge >= 0.3 is 0 Å². The molecule has 9 heteroatoms. The Bertz CT molecular complexity index is 1160. The topological polar surface area (TPSA) is 109 Å². The second-order valence-electron chi connectivity index (χ2n) is 8.87. The van der Waals surface area contributed by atoms with Crippen LogP contribution in [0.15, 0.2) is 54.7 Å². The third-order valence-electron chi connectivity index (χ3n) is 6.34. The zero-order valence-corrected chi connectivity index (χ0v) is 19.7. The van der Waals surface area contributed by atoms with E-state index in [4.69, 9.17) is 10.5 Å². The minimum atomic E-state index is -0.0421. The van der Waals surface area contributed by atoms with E-state index >= 15 is 0 Å². The van der Waals surface area contributed by atoms with Crippen molar-refractivity contribution in [3.05, 3.63) is 54.7 Å². The van der Waals surface area contributed by atoms with E-state index < -0.39 is 0 Å². The Kier molecular flexibility index (Phi) is 7.06. The van der Waals surface area contributed by atoms with E-state index in [-0.39, 0.29) is 5.91 Å². The standard InChI is InChI=1S/C26H31N7O2/c27-22-17-19(3-8-24(22)30-25(34)18-32-11-1-2-12-32)23-9-10-28-26(31-23)29-20-4-6-21(7-5-20)33-13-15-35-16-14-33/h3-10,17H,1-2,11-16,18,27H2,(H,30,34)(H,28,29,31). The zero-order valence-electron chi connectivity index (χ0n) is 19.7. The number of amides is 1. The van der Waals surface area contributed by atoms with Crippen molar-refractivity contribution >= 4 is 34.6 Å². The number of rotatable bonds is 7. The average molecular weight is 474 g/mol. The van der Waals surface area contributed by atoms with Gasteiger partial charge in [0, 0.05) is 36.2 Å². The van der Waals surface area contributed by atoms with Gasteiger partial charge in [0.15, 0.2) is 0 Å². The molecule has 1 amide bonds. The number of nitrogens with two attached hydrogens (primary N) is 1. The van der Waals surface area contributed by atoms with Crippen LogP contribution in [0.1, 0.15) is 12.8 Å². The Morgan fingerprint density at radius 3 is 2.51 bits per heavy atom. The molecule has 2 aromatic carbocycles. The van der Waals surface area contributed by atoms with Crippen molar-refractivity contribution in [1.29, 1.82) is 0 Å². The van der Waals surface area contributed by atoms with Gasteiger partial charge in [-0.05, 0) is 68.4 Å². The first-order chi connectivity index (χ1) is 17.1. The number of anilines is 5. The van der Waals surface area contributed by atoms with E-state index in [1.807, 2.05) is 36.4 Å². The van der Waals surface area contributed by atoms with Gasteiger partial charge in [-0.2, -0.15) is 0 Å². The molecule has 3 aromatic rings. The highest BCUT2D eigenvalue weighted by Crippen LogP contribution is 2.27. The second kappa shape index (κ2) is 10.7. The lowest BCUT2D eigenvalue weighted by atomic mass is 10.1. The SMILES string of the molecule is Nc1cc(-c2ccnc(Nc3ccc(N4CCOCC4)cc3)n2)ccc1NC(=O)CN1CCCC1. The molecule has 3 heterocycles. The smallest absolute Gasteiger partial charge is 0.238 e. The fourth-order valence-electron chi connectivity index (χ4n) is 4.46. The first kappa shape index (κ1) is 23.1. The first-order valence-electron chi connectivity index (χ1n) is 12.1. The Labute approximate surface area is 205 Å². The molecule has 35 heavy (non-hydrogen) atoms. The monoisotopic (exact) mass is 473 g/mol. The highest BCUT2D eigenvalue weighted by Gasteiger charge is 2.16. The summed E-state index contributed by atoms with van der Waals surface area (Å²) < 4.78 is 5.43. The zero-order chi connectivity index (χ0) is 24.0. The molecule has 182 valence electrons. The highest BCUT2D eigenvalue weighted by atomic mass is 16.5. The molecule has 0 aliphatic carbocycles. The third-order valence-corrected chi connectivity index (χ3v) is 6.34. The summed E-state index contributed by atoms with van der Waals surface area (Å²) in [5.41, 5.74) is 11.1. The van der Waals surface area contributed by atoms with E-state index in [0.717, 1.165) is 69.2 Å². The number of nitrogen functional groups attached to an aromatic ring is 1. The quantitative estimate of drug-likeness (QED) is 0.449. The minimum Gasteiger partial charge on any atom is -0.397 e. The molecule has 0 radical (unpaired) electrons. The number of nitrogens with one attached hydrogen (secondary N) is 2. The third kappa shape index (κ3) is 5.87. The van der Waals surface area contributed by atoms with Gasteiger partial charge in [0.2, 0.25) is 11.9 Å². The summed E-state index contributed by atoms with van der Waals surface area (Å²) in [7, 11) is 0. The number of nitrogens with zero attached hydrogens (tertiary/aromatic N) is 4. The minimum absolute atomic E-state index is 0.0421. The van der Waals surface area contributed by atoms with E-state index in [2.05, 4.69) is 42.5 Å². The van der Waals surface area contributed by atoms with Gasteiger partial charge in [-0.15, -0.1) is 0 Å². The van der Waals surface area contributed by atoms with Crippen LogP contribution in [0.5, 0.6) is 0 Å². The van der Waals surface area contributed by atoms with E-state index in [1.54, 1.807) is 6.20 Å². The molecular weight excluding hydrogens is 442 g/mol. The Hall–Kier alpha value is -3.69. The summed E-state index contributed by atoms with van der Waals surface area (Å²) in [4.78, 5) is 25.8. The summed E-state index contributed by atoms with van der Waals surface area (Å²) in [5, 5.41) is 6.20. The van der Waals surface area contributed by atoms with Crippen LogP contribution in [0.4, 0.5) is 28.7 Å². The fraction of sp³-hybridized carbons (Fsp3) is 0.346. The largest absolute Gasteiger partial charge is 0.397 e. The summed E-state index contributed by atoms with van der Waals surface area (Å²) in [6, 6.07) is 15.6. The number of aromatic nitrogens is 2. The molecule has 0 unspecified atom stereocenters. The van der Waals surface area contributed by atoms with Crippen molar-refractivity contribution < 1.29 is 9.53 Å². The van der Waals surface area contributed by atoms with E-state index in [9.17, 15) is 4.79 Å². The van der Waals surface area contributed by atoms with Gasteiger partial charge < -0.3 is 26.0 Å². The lowest BCUT2D eigenvalue weighted by Gasteiger charge is -2.28. The number of carbonyl (C=O) groups is 1. The maximum absolute atomic E-state index is 12.4. The summed E-state index contributed by atoms with van der Waals surface area (Å²) in [5.74, 6) is 0.461. The van der Waals surface area contributed by atoms with Gasteiger partial charge in [-0.25, -0.2) is 9.97 Å². The predicted molar refractivity (Wildman–Crippen MR) is 139 cm³/mol. The van der Waals surface area contributed by atoms with Crippen molar-refractivity contribution in [1.82, 2.24) is 14.9 Å². The van der Waals surface area contributed by atoms with Crippen molar-refractivity contribution in [3.63, 3.8) is 0 Å². The van der Waals surface area contributed by atoms with Crippen LogP contribution in [0.3, 0.4) is 0 Å². The van der Waals surface area contributed by atoms with Gasteiger partial charge in [-0.1, -0.05) is 6.07 Å². The molecule has 0 saturated carbocycles. The molecule has 5 rings (SSSR count). The molecule has 0 bridgehead atoms. The average Bonchev–Trinajstić information content (AvgIpc) is 3.39.